The molecule has 2 aliphatic heterocycles. The first-order valence-electron chi connectivity index (χ1n) is 9.36. The molecule has 2 atom stereocenters. The van der Waals surface area contributed by atoms with Crippen LogP contribution >= 0.6 is 0 Å². The molecule has 4 heteroatoms. The number of nitrogens with one attached hydrogen (secondary N) is 2. The van der Waals surface area contributed by atoms with Gasteiger partial charge in [0.1, 0.15) is 0 Å². The molecule has 2 N–H and O–H groups in total. The summed E-state index contributed by atoms with van der Waals surface area (Å²) in [5, 5.41) is 16.6. The van der Waals surface area contributed by atoms with E-state index in [4.69, 9.17) is 0 Å². The number of piperidine rings is 1. The Labute approximate surface area is 155 Å². The highest BCUT2D eigenvalue weighted by molar-refractivity contribution is 5.81. The highest BCUT2D eigenvalue weighted by atomic mass is 15.0. The van der Waals surface area contributed by atoms with Crippen LogP contribution in [0.4, 0.5) is 0 Å². The highest BCUT2D eigenvalue weighted by Crippen LogP contribution is 2.34. The lowest BCUT2D eigenvalue weighted by Gasteiger charge is -2.33. The number of fused-ring (bicyclic) bond motifs is 1. The Kier molecular flexibility index (Phi) is 4.73. The summed E-state index contributed by atoms with van der Waals surface area (Å²) in [6, 6.07) is 8.96. The minimum absolute atomic E-state index is 0.277. The Balaban J connectivity index is 1.67. The van der Waals surface area contributed by atoms with Gasteiger partial charge in [-0.15, -0.1) is 0 Å². The largest absolute Gasteiger partial charge is 0.385 e. The molecule has 4 rings (SSSR count). The van der Waals surface area contributed by atoms with Gasteiger partial charge in [0.05, 0.1) is 11.6 Å². The molecule has 1 aliphatic carbocycles. The number of benzene rings is 1. The van der Waals surface area contributed by atoms with Crippen molar-refractivity contribution in [2.45, 2.75) is 25.8 Å². The predicted molar refractivity (Wildman–Crippen MR) is 106 cm³/mol. The van der Waals surface area contributed by atoms with E-state index in [-0.39, 0.29) is 5.92 Å². The van der Waals surface area contributed by atoms with Crippen LogP contribution in [0, 0.1) is 30.1 Å². The molecule has 4 nitrogen and oxygen atoms in total. The van der Waals surface area contributed by atoms with Gasteiger partial charge >= 0.3 is 0 Å². The number of allylic oxidation sites excluding steroid dienone is 5. The molecular formula is C22H24N4. The maximum atomic E-state index is 9.37. The molecule has 1 saturated heterocycles. The van der Waals surface area contributed by atoms with Crippen molar-refractivity contribution in [1.29, 1.82) is 5.26 Å². The SMILES string of the molecule is Cc1ccc(C2=CC3C=CN=CC3C(NC3CCNCC3)=C2)cc1C#N. The first-order chi connectivity index (χ1) is 12.7. The molecule has 2 unspecified atom stereocenters. The third-order valence-corrected chi connectivity index (χ3v) is 5.50. The molecule has 0 aromatic heterocycles. The Morgan fingerprint density at radius 1 is 1.27 bits per heavy atom. The fourth-order valence-corrected chi connectivity index (χ4v) is 3.92. The van der Waals surface area contributed by atoms with Crippen molar-refractivity contribution in [3.63, 3.8) is 0 Å². The zero-order valence-corrected chi connectivity index (χ0v) is 15.1. The predicted octanol–water partition coefficient (Wildman–Crippen LogP) is 3.32. The van der Waals surface area contributed by atoms with Crippen molar-refractivity contribution in [2.24, 2.45) is 16.8 Å². The number of rotatable bonds is 3. The molecule has 3 aliphatic rings. The minimum Gasteiger partial charge on any atom is -0.385 e. The third kappa shape index (κ3) is 3.36. The van der Waals surface area contributed by atoms with Crippen LogP contribution in [-0.4, -0.2) is 25.3 Å². The third-order valence-electron chi connectivity index (χ3n) is 5.50. The minimum atomic E-state index is 0.277. The number of aryl methyl sites for hydroxylation is 1. The second kappa shape index (κ2) is 7.31. The maximum absolute atomic E-state index is 9.37. The van der Waals surface area contributed by atoms with E-state index in [0.29, 0.717) is 12.0 Å². The zero-order chi connectivity index (χ0) is 17.9. The molecule has 1 fully saturated rings. The lowest BCUT2D eigenvalue weighted by molar-refractivity contribution is 0.398. The summed E-state index contributed by atoms with van der Waals surface area (Å²) in [4.78, 5) is 4.37. The lowest BCUT2D eigenvalue weighted by atomic mass is 9.80. The molecule has 0 saturated carbocycles. The van der Waals surface area contributed by atoms with Gasteiger partial charge in [0.25, 0.3) is 0 Å². The van der Waals surface area contributed by atoms with E-state index in [1.165, 1.54) is 11.3 Å². The van der Waals surface area contributed by atoms with Crippen molar-refractivity contribution in [1.82, 2.24) is 10.6 Å². The van der Waals surface area contributed by atoms with E-state index in [1.54, 1.807) is 0 Å². The highest BCUT2D eigenvalue weighted by Gasteiger charge is 2.28. The van der Waals surface area contributed by atoms with Crippen LogP contribution in [0.1, 0.15) is 29.5 Å². The van der Waals surface area contributed by atoms with Crippen LogP contribution in [0.25, 0.3) is 5.57 Å². The second-order valence-electron chi connectivity index (χ2n) is 7.27. The van der Waals surface area contributed by atoms with Gasteiger partial charge in [-0.1, -0.05) is 24.3 Å². The Morgan fingerprint density at radius 2 is 2.12 bits per heavy atom. The van der Waals surface area contributed by atoms with Gasteiger partial charge in [-0.25, -0.2) is 0 Å². The Bertz CT molecular complexity index is 847. The normalized spacial score (nSPS) is 25.1. The quantitative estimate of drug-likeness (QED) is 0.884. The summed E-state index contributed by atoms with van der Waals surface area (Å²) in [5.41, 5.74) is 5.29. The summed E-state index contributed by atoms with van der Waals surface area (Å²) < 4.78 is 0. The van der Waals surface area contributed by atoms with Gasteiger partial charge in [-0.05, 0) is 61.7 Å². The fourth-order valence-electron chi connectivity index (χ4n) is 3.92. The Morgan fingerprint density at radius 3 is 2.92 bits per heavy atom. The van der Waals surface area contributed by atoms with Gasteiger partial charge in [0.15, 0.2) is 0 Å². The van der Waals surface area contributed by atoms with Crippen LogP contribution in [0.3, 0.4) is 0 Å². The van der Waals surface area contributed by atoms with Crippen LogP contribution in [0.15, 0.2) is 53.3 Å². The molecule has 26 heavy (non-hydrogen) atoms. The number of hydrogen-bond acceptors (Lipinski definition) is 4. The first-order valence-corrected chi connectivity index (χ1v) is 9.36. The lowest BCUT2D eigenvalue weighted by Crippen LogP contribution is -2.42. The van der Waals surface area contributed by atoms with Crippen LogP contribution in [0.5, 0.6) is 0 Å². The smallest absolute Gasteiger partial charge is 0.0994 e. The van der Waals surface area contributed by atoms with Gasteiger partial charge in [0, 0.05) is 36.0 Å². The molecule has 132 valence electrons. The molecule has 0 amide bonds. The van der Waals surface area contributed by atoms with Crippen LogP contribution < -0.4 is 10.6 Å². The standard InChI is InChI=1S/C22H24N4/c1-15-2-3-16(10-19(15)13-23)18-11-17-4-7-25-14-21(17)22(12-18)26-20-5-8-24-9-6-20/h2-4,7,10-12,14,17,20-21,24,26H,5-6,8-9H2,1H3. The molecule has 2 heterocycles. The maximum Gasteiger partial charge on any atom is 0.0994 e. The summed E-state index contributed by atoms with van der Waals surface area (Å²) in [6.45, 7) is 4.12. The molecule has 0 bridgehead atoms. The van der Waals surface area contributed by atoms with E-state index in [1.807, 2.05) is 31.5 Å². The molecule has 1 aromatic carbocycles. The van der Waals surface area contributed by atoms with Crippen LogP contribution in [0.2, 0.25) is 0 Å². The number of hydrogen-bond donors (Lipinski definition) is 2. The van der Waals surface area contributed by atoms with E-state index < -0.39 is 0 Å². The van der Waals surface area contributed by atoms with E-state index in [2.05, 4.69) is 46.0 Å². The van der Waals surface area contributed by atoms with E-state index in [0.717, 1.165) is 42.6 Å². The summed E-state index contributed by atoms with van der Waals surface area (Å²) >= 11 is 0. The number of nitrogens with zero attached hydrogens (tertiary/aromatic N) is 2. The summed E-state index contributed by atoms with van der Waals surface area (Å²) in [5.74, 6) is 0.586. The van der Waals surface area contributed by atoms with Crippen molar-refractivity contribution in [2.75, 3.05) is 13.1 Å². The van der Waals surface area contributed by atoms with Crippen molar-refractivity contribution >= 4 is 11.8 Å². The van der Waals surface area contributed by atoms with Crippen LogP contribution in [-0.2, 0) is 0 Å². The van der Waals surface area contributed by atoms with Gasteiger partial charge in [-0.3, -0.25) is 4.99 Å². The molecule has 0 spiro atoms. The topological polar surface area (TPSA) is 60.2 Å². The summed E-state index contributed by atoms with van der Waals surface area (Å²) in [6.07, 6.45) is 12.9. The molecule has 1 aromatic rings. The van der Waals surface area contributed by atoms with E-state index in [9.17, 15) is 5.26 Å². The van der Waals surface area contributed by atoms with Crippen molar-refractivity contribution < 1.29 is 0 Å². The number of aliphatic imine (C=N–C) groups is 1. The zero-order valence-electron chi connectivity index (χ0n) is 15.1. The monoisotopic (exact) mass is 344 g/mol. The molecule has 0 radical (unpaired) electrons. The van der Waals surface area contributed by atoms with Gasteiger partial charge in [-0.2, -0.15) is 5.26 Å². The Hall–Kier alpha value is -2.64. The average Bonchev–Trinajstić information content (AvgIpc) is 2.69. The second-order valence-corrected chi connectivity index (χ2v) is 7.27. The van der Waals surface area contributed by atoms with Gasteiger partial charge in [0.2, 0.25) is 0 Å². The van der Waals surface area contributed by atoms with Crippen molar-refractivity contribution in [3.05, 3.63) is 65.0 Å². The van der Waals surface area contributed by atoms with E-state index >= 15 is 0 Å². The first kappa shape index (κ1) is 16.8. The average molecular weight is 344 g/mol. The van der Waals surface area contributed by atoms with Gasteiger partial charge < -0.3 is 10.6 Å². The number of nitriles is 1. The van der Waals surface area contributed by atoms with Crippen molar-refractivity contribution in [3.8, 4) is 6.07 Å². The summed E-state index contributed by atoms with van der Waals surface area (Å²) in [7, 11) is 0. The molecular weight excluding hydrogens is 320 g/mol. The fraction of sp³-hybridized carbons (Fsp3) is 0.364.